The molecule has 0 bridgehead atoms. The molecule has 1 unspecified atom stereocenters. The Morgan fingerprint density at radius 2 is 1.93 bits per heavy atom. The maximum Gasteiger partial charge on any atom is 0.127 e. The van der Waals surface area contributed by atoms with Crippen LogP contribution >= 0.6 is 0 Å². The molecule has 1 atom stereocenters. The molecule has 1 aromatic carbocycles. The van der Waals surface area contributed by atoms with Crippen molar-refractivity contribution in [3.63, 3.8) is 0 Å². The highest BCUT2D eigenvalue weighted by Crippen LogP contribution is 2.64. The third-order valence-corrected chi connectivity index (χ3v) is 7.79. The second kappa shape index (κ2) is 6.43. The van der Waals surface area contributed by atoms with Crippen LogP contribution in [0.4, 0.5) is 0 Å². The first kappa shape index (κ1) is 18.2. The number of hydrogen-bond acceptors (Lipinski definition) is 4. The number of fused-ring (bicyclic) bond motifs is 5. The summed E-state index contributed by atoms with van der Waals surface area (Å²) in [4.78, 5) is 9.77. The molecule has 0 radical (unpaired) electrons. The van der Waals surface area contributed by atoms with Gasteiger partial charge >= 0.3 is 0 Å². The molecule has 2 heterocycles. The van der Waals surface area contributed by atoms with Gasteiger partial charge in [-0.2, -0.15) is 0 Å². The van der Waals surface area contributed by atoms with E-state index in [-0.39, 0.29) is 5.41 Å². The normalized spacial score (nSPS) is 31.2. The van der Waals surface area contributed by atoms with Crippen LogP contribution in [0.3, 0.4) is 0 Å². The standard InChI is InChI=1S/C26H27N3O/c1-30-20-8-11-25(12-9-20)15-19-7-6-18(5-4-17-2-3-17)14-22(19)26(25)23-16-28-13-10-21(23)24(27)29-26/h6-7,10,13-14,16-17,20H,2-3,8-9,11-12,15H2,1H3,(H2,27,29). The fourth-order valence-electron chi connectivity index (χ4n) is 6.07. The molecule has 152 valence electrons. The van der Waals surface area contributed by atoms with Crippen molar-refractivity contribution in [1.29, 1.82) is 0 Å². The molecule has 3 aliphatic carbocycles. The SMILES string of the molecule is COC1CCC2(CC1)Cc1ccc(C#CC3CC3)cc1C21N=C(N)c2ccncc21. The van der Waals surface area contributed by atoms with E-state index < -0.39 is 5.54 Å². The van der Waals surface area contributed by atoms with E-state index in [1.807, 2.05) is 25.6 Å². The van der Waals surface area contributed by atoms with Gasteiger partial charge in [-0.05, 0) is 74.3 Å². The molecule has 30 heavy (non-hydrogen) atoms. The smallest absolute Gasteiger partial charge is 0.127 e. The summed E-state index contributed by atoms with van der Waals surface area (Å²) in [5, 5.41) is 0. The average molecular weight is 398 g/mol. The summed E-state index contributed by atoms with van der Waals surface area (Å²) in [6, 6.07) is 8.78. The lowest BCUT2D eigenvalue weighted by atomic mass is 9.59. The summed E-state index contributed by atoms with van der Waals surface area (Å²) in [6.45, 7) is 0. The maximum absolute atomic E-state index is 6.52. The molecular weight excluding hydrogens is 370 g/mol. The maximum atomic E-state index is 6.52. The second-order valence-corrected chi connectivity index (χ2v) is 9.44. The zero-order valence-electron chi connectivity index (χ0n) is 17.4. The summed E-state index contributed by atoms with van der Waals surface area (Å²) in [7, 11) is 1.83. The van der Waals surface area contributed by atoms with E-state index in [2.05, 4.69) is 35.0 Å². The lowest BCUT2D eigenvalue weighted by molar-refractivity contribution is 0.00679. The number of amidine groups is 1. The molecule has 1 aliphatic heterocycles. The quantitative estimate of drug-likeness (QED) is 0.742. The van der Waals surface area contributed by atoms with Crippen LogP contribution in [0.2, 0.25) is 0 Å². The van der Waals surface area contributed by atoms with Crippen LogP contribution < -0.4 is 5.73 Å². The minimum atomic E-state index is -0.452. The summed E-state index contributed by atoms with van der Waals surface area (Å²) >= 11 is 0. The Morgan fingerprint density at radius 1 is 1.10 bits per heavy atom. The number of ether oxygens (including phenoxy) is 1. The summed E-state index contributed by atoms with van der Waals surface area (Å²) in [6.07, 6.45) is 12.0. The highest BCUT2D eigenvalue weighted by molar-refractivity contribution is 6.02. The van der Waals surface area contributed by atoms with Crippen molar-refractivity contribution in [3.8, 4) is 11.8 Å². The third-order valence-electron chi connectivity index (χ3n) is 7.79. The van der Waals surface area contributed by atoms with Crippen LogP contribution in [0.25, 0.3) is 0 Å². The number of benzene rings is 1. The van der Waals surface area contributed by atoms with Crippen LogP contribution in [0.5, 0.6) is 0 Å². The third kappa shape index (κ3) is 2.45. The molecule has 2 spiro atoms. The van der Waals surface area contributed by atoms with Crippen molar-refractivity contribution < 1.29 is 4.74 Å². The number of nitrogens with two attached hydrogens (primary N) is 1. The summed E-state index contributed by atoms with van der Waals surface area (Å²) in [5.74, 6) is 8.07. The van der Waals surface area contributed by atoms with Gasteiger partial charge in [-0.25, -0.2) is 0 Å². The number of aliphatic imine (C=N–C) groups is 1. The van der Waals surface area contributed by atoms with Crippen molar-refractivity contribution in [2.24, 2.45) is 22.1 Å². The minimum Gasteiger partial charge on any atom is -0.383 e. The first-order chi connectivity index (χ1) is 14.6. The number of aromatic nitrogens is 1. The van der Waals surface area contributed by atoms with Gasteiger partial charge in [0.15, 0.2) is 0 Å². The van der Waals surface area contributed by atoms with E-state index in [0.717, 1.165) is 43.2 Å². The predicted molar refractivity (Wildman–Crippen MR) is 117 cm³/mol. The number of rotatable bonds is 1. The highest BCUT2D eigenvalue weighted by atomic mass is 16.5. The molecule has 2 aromatic rings. The molecule has 2 N–H and O–H groups in total. The molecule has 4 heteroatoms. The molecule has 6 rings (SSSR count). The van der Waals surface area contributed by atoms with Crippen molar-refractivity contribution in [3.05, 3.63) is 64.5 Å². The van der Waals surface area contributed by atoms with Crippen LogP contribution in [-0.4, -0.2) is 24.0 Å². The summed E-state index contributed by atoms with van der Waals surface area (Å²) < 4.78 is 5.70. The minimum absolute atomic E-state index is 0.0197. The average Bonchev–Trinajstić information content (AvgIpc) is 3.52. The van der Waals surface area contributed by atoms with Crippen molar-refractivity contribution in [1.82, 2.24) is 4.98 Å². The highest BCUT2D eigenvalue weighted by Gasteiger charge is 2.62. The Labute approximate surface area is 178 Å². The second-order valence-electron chi connectivity index (χ2n) is 9.44. The number of pyridine rings is 1. The molecule has 0 amide bonds. The van der Waals surface area contributed by atoms with Gasteiger partial charge in [-0.1, -0.05) is 17.9 Å². The fourth-order valence-corrected chi connectivity index (χ4v) is 6.07. The topological polar surface area (TPSA) is 60.5 Å². The van der Waals surface area contributed by atoms with Gasteiger partial charge in [-0.15, -0.1) is 0 Å². The van der Waals surface area contributed by atoms with Gasteiger partial charge in [0.05, 0.1) is 6.10 Å². The van der Waals surface area contributed by atoms with Gasteiger partial charge in [0.2, 0.25) is 0 Å². The van der Waals surface area contributed by atoms with Crippen LogP contribution in [0.15, 0.2) is 41.7 Å². The van der Waals surface area contributed by atoms with Crippen molar-refractivity contribution >= 4 is 5.84 Å². The van der Waals surface area contributed by atoms with Gasteiger partial charge in [0, 0.05) is 47.5 Å². The number of hydrogen-bond donors (Lipinski definition) is 1. The molecule has 2 saturated carbocycles. The lowest BCUT2D eigenvalue weighted by Gasteiger charge is -2.46. The first-order valence-corrected chi connectivity index (χ1v) is 11.1. The van der Waals surface area contributed by atoms with E-state index in [0.29, 0.717) is 17.9 Å². The van der Waals surface area contributed by atoms with Gasteiger partial charge in [-0.3, -0.25) is 9.98 Å². The number of methoxy groups -OCH3 is 1. The van der Waals surface area contributed by atoms with Crippen LogP contribution in [0.1, 0.15) is 66.3 Å². The Hall–Kier alpha value is -2.64. The Bertz CT molecular complexity index is 1110. The van der Waals surface area contributed by atoms with Gasteiger partial charge in [0.25, 0.3) is 0 Å². The van der Waals surface area contributed by atoms with E-state index >= 15 is 0 Å². The Balaban J connectivity index is 1.54. The predicted octanol–water partition coefficient (Wildman–Crippen LogP) is 3.94. The Morgan fingerprint density at radius 3 is 2.70 bits per heavy atom. The van der Waals surface area contributed by atoms with E-state index in [4.69, 9.17) is 15.5 Å². The van der Waals surface area contributed by atoms with Gasteiger partial charge < -0.3 is 10.5 Å². The van der Waals surface area contributed by atoms with Gasteiger partial charge in [0.1, 0.15) is 11.4 Å². The monoisotopic (exact) mass is 397 g/mol. The lowest BCUT2D eigenvalue weighted by Crippen LogP contribution is -2.45. The molecule has 2 fully saturated rings. The first-order valence-electron chi connectivity index (χ1n) is 11.1. The van der Waals surface area contributed by atoms with E-state index in [1.54, 1.807) is 0 Å². The Kier molecular flexibility index (Phi) is 3.89. The van der Waals surface area contributed by atoms with Crippen LogP contribution in [0, 0.1) is 23.2 Å². The molecule has 4 aliphatic rings. The van der Waals surface area contributed by atoms with Crippen molar-refractivity contribution in [2.75, 3.05) is 7.11 Å². The molecule has 4 nitrogen and oxygen atoms in total. The summed E-state index contributed by atoms with van der Waals surface area (Å²) in [5.41, 5.74) is 12.1. The zero-order valence-corrected chi connectivity index (χ0v) is 17.4. The van der Waals surface area contributed by atoms with Crippen molar-refractivity contribution in [2.45, 2.75) is 56.6 Å². The van der Waals surface area contributed by atoms with E-state index in [9.17, 15) is 0 Å². The fraction of sp³-hybridized carbons (Fsp3) is 0.462. The molecule has 0 saturated heterocycles. The molecule has 1 aromatic heterocycles. The van der Waals surface area contributed by atoms with E-state index in [1.165, 1.54) is 29.5 Å². The molecular formula is C26H27N3O. The number of nitrogens with zero attached hydrogens (tertiary/aromatic N) is 2. The zero-order chi connectivity index (χ0) is 20.3. The van der Waals surface area contributed by atoms with Crippen LogP contribution in [-0.2, 0) is 16.7 Å². The largest absolute Gasteiger partial charge is 0.383 e.